The van der Waals surface area contributed by atoms with Gasteiger partial charge in [0.15, 0.2) is 0 Å². The van der Waals surface area contributed by atoms with Crippen LogP contribution in [0.5, 0.6) is 0 Å². The van der Waals surface area contributed by atoms with Gasteiger partial charge in [0, 0.05) is 12.7 Å². The molecule has 2 radical (unpaired) electrons. The number of nitrogens with zero attached hydrogens (tertiary/aromatic N) is 6. The number of hydrogen-bond acceptors (Lipinski definition) is 6. The summed E-state index contributed by atoms with van der Waals surface area (Å²) in [5.41, 5.74) is 3.36. The van der Waals surface area contributed by atoms with E-state index in [0.717, 1.165) is 5.69 Å². The third-order valence-corrected chi connectivity index (χ3v) is 3.39. The van der Waals surface area contributed by atoms with E-state index in [4.69, 9.17) is 12.7 Å². The molecule has 2 heterocycles. The van der Waals surface area contributed by atoms with Crippen molar-refractivity contribution in [1.29, 1.82) is 5.26 Å². The Kier molecular flexibility index (Phi) is 4.26. The number of hydrogen-bond donors (Lipinski definition) is 0. The van der Waals surface area contributed by atoms with E-state index in [0.29, 0.717) is 28.5 Å². The third kappa shape index (κ3) is 2.57. The fourth-order valence-corrected chi connectivity index (χ4v) is 2.25. The lowest BCUT2D eigenvalue weighted by Gasteiger charge is -2.12. The van der Waals surface area contributed by atoms with Crippen molar-refractivity contribution in [3.63, 3.8) is 0 Å². The highest BCUT2D eigenvalue weighted by Crippen LogP contribution is 2.30. The SMILES string of the molecule is [B]OC(=C(C#N)c1nc(C)nnc1C)c1c(C)nn(C)c1C. The Morgan fingerprint density at radius 1 is 1.18 bits per heavy atom. The number of rotatable bonds is 3. The quantitative estimate of drug-likeness (QED) is 0.482. The highest BCUT2D eigenvalue weighted by Gasteiger charge is 2.22. The maximum absolute atomic E-state index is 9.59. The van der Waals surface area contributed by atoms with Crippen LogP contribution in [0.25, 0.3) is 11.3 Å². The Hall–Kier alpha value is -2.69. The molecule has 0 aromatic carbocycles. The highest BCUT2D eigenvalue weighted by atomic mass is 16.4. The van der Waals surface area contributed by atoms with Gasteiger partial charge in [0.1, 0.15) is 28.9 Å². The monoisotopic (exact) mass is 294 g/mol. The molecule has 0 amide bonds. The van der Waals surface area contributed by atoms with Crippen molar-refractivity contribution in [1.82, 2.24) is 25.0 Å². The first-order valence-corrected chi connectivity index (χ1v) is 6.60. The van der Waals surface area contributed by atoms with Crippen molar-refractivity contribution in [3.05, 3.63) is 34.2 Å². The van der Waals surface area contributed by atoms with Gasteiger partial charge in [-0.1, -0.05) is 0 Å². The second kappa shape index (κ2) is 5.97. The van der Waals surface area contributed by atoms with Gasteiger partial charge >= 0.3 is 8.05 Å². The summed E-state index contributed by atoms with van der Waals surface area (Å²) in [6.45, 7) is 7.13. The van der Waals surface area contributed by atoms with Gasteiger partial charge in [-0.05, 0) is 27.7 Å². The summed E-state index contributed by atoms with van der Waals surface area (Å²) >= 11 is 0. The molecule has 2 aromatic rings. The van der Waals surface area contributed by atoms with E-state index in [2.05, 4.69) is 26.3 Å². The molecule has 2 rings (SSSR count). The van der Waals surface area contributed by atoms with Crippen LogP contribution in [0.15, 0.2) is 0 Å². The molecule has 0 bridgehead atoms. The van der Waals surface area contributed by atoms with Crippen molar-refractivity contribution in [2.75, 3.05) is 0 Å². The lowest BCUT2D eigenvalue weighted by Crippen LogP contribution is -2.05. The van der Waals surface area contributed by atoms with Crippen LogP contribution in [0.3, 0.4) is 0 Å². The van der Waals surface area contributed by atoms with Gasteiger partial charge < -0.3 is 4.65 Å². The van der Waals surface area contributed by atoms with Crippen molar-refractivity contribution >= 4 is 19.4 Å². The van der Waals surface area contributed by atoms with E-state index >= 15 is 0 Å². The number of allylic oxidation sites excluding steroid dienone is 1. The van der Waals surface area contributed by atoms with E-state index < -0.39 is 0 Å². The molecule has 0 spiro atoms. The van der Waals surface area contributed by atoms with Crippen molar-refractivity contribution < 1.29 is 4.65 Å². The van der Waals surface area contributed by atoms with Crippen LogP contribution in [0.1, 0.15) is 34.2 Å². The molecule has 2 aromatic heterocycles. The van der Waals surface area contributed by atoms with Crippen LogP contribution in [0, 0.1) is 39.0 Å². The number of aryl methyl sites for hydroxylation is 4. The van der Waals surface area contributed by atoms with Gasteiger partial charge in [-0.25, -0.2) is 4.98 Å². The van der Waals surface area contributed by atoms with Crippen LogP contribution < -0.4 is 0 Å². The van der Waals surface area contributed by atoms with Crippen LogP contribution >= 0.6 is 0 Å². The molecular formula is C14H15BN6O. The number of nitriles is 1. The van der Waals surface area contributed by atoms with Crippen LogP contribution in [0.2, 0.25) is 0 Å². The Bertz CT molecular complexity index is 802. The molecule has 7 nitrogen and oxygen atoms in total. The molecule has 8 heteroatoms. The molecule has 110 valence electrons. The van der Waals surface area contributed by atoms with Crippen LogP contribution in [-0.4, -0.2) is 33.0 Å². The zero-order valence-electron chi connectivity index (χ0n) is 13.2. The first-order valence-electron chi connectivity index (χ1n) is 6.60. The Morgan fingerprint density at radius 2 is 1.86 bits per heavy atom. The summed E-state index contributed by atoms with van der Waals surface area (Å²) < 4.78 is 6.73. The van der Waals surface area contributed by atoms with E-state index in [1.165, 1.54) is 0 Å². The molecule has 0 atom stereocenters. The van der Waals surface area contributed by atoms with Gasteiger partial charge in [0.05, 0.1) is 17.0 Å². The van der Waals surface area contributed by atoms with Crippen molar-refractivity contribution in [2.24, 2.45) is 7.05 Å². The van der Waals surface area contributed by atoms with Gasteiger partial charge in [-0.15, -0.1) is 5.10 Å². The van der Waals surface area contributed by atoms with Crippen molar-refractivity contribution in [3.8, 4) is 6.07 Å². The Balaban J connectivity index is 2.80. The van der Waals surface area contributed by atoms with Gasteiger partial charge in [0.25, 0.3) is 0 Å². The Labute approximate surface area is 130 Å². The predicted octanol–water partition coefficient (Wildman–Crippen LogP) is 1.33. The molecule has 0 aliphatic rings. The molecule has 0 aliphatic heterocycles. The number of aromatic nitrogens is 5. The maximum Gasteiger partial charge on any atom is 0.374 e. The summed E-state index contributed by atoms with van der Waals surface area (Å²) in [5, 5.41) is 21.8. The highest BCUT2D eigenvalue weighted by molar-refractivity contribution is 6.06. The van der Waals surface area contributed by atoms with E-state index in [1.54, 1.807) is 18.5 Å². The van der Waals surface area contributed by atoms with Crippen LogP contribution in [-0.2, 0) is 11.7 Å². The van der Waals surface area contributed by atoms with Gasteiger partial charge in [-0.2, -0.15) is 15.5 Å². The summed E-state index contributed by atoms with van der Waals surface area (Å²) in [4.78, 5) is 4.29. The summed E-state index contributed by atoms with van der Waals surface area (Å²) in [6, 6.07) is 2.11. The smallest absolute Gasteiger partial charge is 0.374 e. The lowest BCUT2D eigenvalue weighted by molar-refractivity contribution is 0.572. The molecule has 0 aliphatic carbocycles. The first kappa shape index (κ1) is 15.7. The lowest BCUT2D eigenvalue weighted by atomic mass is 10.0. The third-order valence-electron chi connectivity index (χ3n) is 3.39. The second-order valence-corrected chi connectivity index (χ2v) is 4.90. The zero-order chi connectivity index (χ0) is 16.4. The minimum absolute atomic E-state index is 0.206. The summed E-state index contributed by atoms with van der Waals surface area (Å²) in [7, 11) is 7.26. The maximum atomic E-state index is 9.59. The standard InChI is InChI=1S/C14H15BN6O/c1-7-12(9(3)21(5)20-7)14(22-15)11(6-16)13-8(2)18-19-10(4)17-13/h1-5H3. The van der Waals surface area contributed by atoms with E-state index in [1.807, 2.05) is 20.9 Å². The fraction of sp³-hybridized carbons (Fsp3) is 0.357. The topological polar surface area (TPSA) is 89.5 Å². The average molecular weight is 294 g/mol. The Morgan fingerprint density at radius 3 is 2.36 bits per heavy atom. The zero-order valence-corrected chi connectivity index (χ0v) is 13.2. The first-order chi connectivity index (χ1) is 10.4. The molecule has 0 saturated heterocycles. The molecule has 0 N–H and O–H groups in total. The summed E-state index contributed by atoms with van der Waals surface area (Å²) in [5.74, 6) is 0.693. The van der Waals surface area contributed by atoms with E-state index in [9.17, 15) is 5.26 Å². The molecule has 0 unspecified atom stereocenters. The average Bonchev–Trinajstić information content (AvgIpc) is 2.73. The molecular weight excluding hydrogens is 279 g/mol. The molecule has 22 heavy (non-hydrogen) atoms. The molecule has 0 saturated carbocycles. The normalized spacial score (nSPS) is 11.8. The van der Waals surface area contributed by atoms with E-state index in [-0.39, 0.29) is 11.3 Å². The molecule has 0 fully saturated rings. The fourth-order valence-electron chi connectivity index (χ4n) is 2.25. The summed E-state index contributed by atoms with van der Waals surface area (Å²) in [6.07, 6.45) is 0. The van der Waals surface area contributed by atoms with Gasteiger partial charge in [-0.3, -0.25) is 4.68 Å². The second-order valence-electron chi connectivity index (χ2n) is 4.90. The largest absolute Gasteiger partial charge is 0.566 e. The minimum Gasteiger partial charge on any atom is -0.566 e. The minimum atomic E-state index is 0.206. The van der Waals surface area contributed by atoms with Crippen LogP contribution in [0.4, 0.5) is 0 Å². The van der Waals surface area contributed by atoms with Gasteiger partial charge in [0.2, 0.25) is 0 Å². The predicted molar refractivity (Wildman–Crippen MR) is 81.2 cm³/mol. The van der Waals surface area contributed by atoms with Crippen molar-refractivity contribution in [2.45, 2.75) is 27.7 Å².